The van der Waals surface area contributed by atoms with E-state index in [0.717, 1.165) is 11.7 Å². The number of nitrogens with zero attached hydrogens (tertiary/aromatic N) is 2. The first-order valence-corrected chi connectivity index (χ1v) is 10.3. The van der Waals surface area contributed by atoms with Gasteiger partial charge in [-0.05, 0) is 63.5 Å². The molecule has 1 saturated carbocycles. The van der Waals surface area contributed by atoms with Crippen LogP contribution in [0.25, 0.3) is 10.2 Å². The first kappa shape index (κ1) is 16.3. The normalized spacial score (nSPS) is 27.2. The fraction of sp³-hybridized carbons (Fsp3) is 0.684. The average Bonchev–Trinajstić information content (AvgIpc) is 3.00. The molecule has 4 rings (SSSR count). The zero-order valence-electron chi connectivity index (χ0n) is 14.8. The molecule has 2 heterocycles. The van der Waals surface area contributed by atoms with Gasteiger partial charge in [-0.25, -0.2) is 9.97 Å². The molecule has 0 radical (unpaired) electrons. The number of aryl methyl sites for hydroxylation is 1. The third-order valence-corrected chi connectivity index (χ3v) is 7.16. The van der Waals surface area contributed by atoms with Crippen molar-refractivity contribution < 1.29 is 0 Å². The smallest absolute Gasteiger partial charge is 0.138 e. The minimum atomic E-state index is 0.551. The van der Waals surface area contributed by atoms with Crippen molar-refractivity contribution >= 4 is 27.4 Å². The Morgan fingerprint density at radius 3 is 2.67 bits per heavy atom. The molecule has 2 aromatic heterocycles. The highest BCUT2D eigenvalue weighted by molar-refractivity contribution is 7.19. The summed E-state index contributed by atoms with van der Waals surface area (Å²) >= 11 is 1.90. The van der Waals surface area contributed by atoms with E-state index in [1.807, 2.05) is 11.3 Å². The zero-order valence-corrected chi connectivity index (χ0v) is 15.6. The lowest BCUT2D eigenvalue weighted by Crippen LogP contribution is -2.35. The topological polar surface area (TPSA) is 49.8 Å². The van der Waals surface area contributed by atoms with Crippen molar-refractivity contribution in [1.82, 2.24) is 15.3 Å². The first-order chi connectivity index (χ1) is 11.8. The van der Waals surface area contributed by atoms with Crippen LogP contribution in [0.4, 0.5) is 5.82 Å². The molecule has 24 heavy (non-hydrogen) atoms. The van der Waals surface area contributed by atoms with Gasteiger partial charge in [-0.15, -0.1) is 11.3 Å². The van der Waals surface area contributed by atoms with E-state index in [-0.39, 0.29) is 0 Å². The van der Waals surface area contributed by atoms with Gasteiger partial charge in [0.25, 0.3) is 0 Å². The van der Waals surface area contributed by atoms with Crippen molar-refractivity contribution in [3.8, 4) is 0 Å². The molecule has 0 aliphatic heterocycles. The van der Waals surface area contributed by atoms with Gasteiger partial charge >= 0.3 is 0 Å². The molecule has 130 valence electrons. The van der Waals surface area contributed by atoms with E-state index in [1.54, 1.807) is 11.2 Å². The maximum atomic E-state index is 4.63. The molecule has 2 aromatic rings. The van der Waals surface area contributed by atoms with E-state index >= 15 is 0 Å². The van der Waals surface area contributed by atoms with Gasteiger partial charge in [-0.2, -0.15) is 0 Å². The predicted octanol–water partition coefficient (Wildman–Crippen LogP) is 4.15. The van der Waals surface area contributed by atoms with Gasteiger partial charge in [-0.1, -0.05) is 13.3 Å². The Bertz CT molecular complexity index is 703. The Labute approximate surface area is 148 Å². The Morgan fingerprint density at radius 2 is 1.92 bits per heavy atom. The minimum absolute atomic E-state index is 0.551. The van der Waals surface area contributed by atoms with Gasteiger partial charge in [-0.3, -0.25) is 0 Å². The minimum Gasteiger partial charge on any atom is -0.367 e. The number of thiophene rings is 1. The number of nitrogens with one attached hydrogen (secondary N) is 2. The number of hydrogen-bond acceptors (Lipinski definition) is 5. The quantitative estimate of drug-likeness (QED) is 0.875. The van der Waals surface area contributed by atoms with Crippen molar-refractivity contribution in [2.24, 2.45) is 5.92 Å². The lowest BCUT2D eigenvalue weighted by molar-refractivity contribution is 0.371. The van der Waals surface area contributed by atoms with Gasteiger partial charge in [0.1, 0.15) is 17.0 Å². The Balaban J connectivity index is 1.59. The van der Waals surface area contributed by atoms with Crippen LogP contribution in [0.5, 0.6) is 0 Å². The maximum absolute atomic E-state index is 4.63. The molecule has 1 unspecified atom stereocenters. The summed E-state index contributed by atoms with van der Waals surface area (Å²) in [6.45, 7) is 2.32. The Kier molecular flexibility index (Phi) is 4.72. The van der Waals surface area contributed by atoms with Crippen LogP contribution in [0.3, 0.4) is 0 Å². The Hall–Kier alpha value is -1.20. The molecule has 2 N–H and O–H groups in total. The molecular weight excluding hydrogens is 316 g/mol. The number of anilines is 1. The molecule has 0 saturated heterocycles. The third kappa shape index (κ3) is 3.04. The van der Waals surface area contributed by atoms with Gasteiger partial charge in [0, 0.05) is 17.0 Å². The summed E-state index contributed by atoms with van der Waals surface area (Å²) < 4.78 is 0. The lowest BCUT2D eigenvalue weighted by Gasteiger charge is -2.29. The second-order valence-electron chi connectivity index (χ2n) is 7.40. The van der Waals surface area contributed by atoms with Crippen molar-refractivity contribution in [3.63, 3.8) is 0 Å². The molecule has 0 amide bonds. The van der Waals surface area contributed by atoms with Gasteiger partial charge in [0.15, 0.2) is 0 Å². The summed E-state index contributed by atoms with van der Waals surface area (Å²) in [7, 11) is 2.08. The average molecular weight is 345 g/mol. The number of rotatable bonds is 4. The van der Waals surface area contributed by atoms with Crippen LogP contribution in [0.1, 0.15) is 55.9 Å². The Morgan fingerprint density at radius 1 is 1.12 bits per heavy atom. The van der Waals surface area contributed by atoms with Crippen LogP contribution in [0.2, 0.25) is 0 Å². The van der Waals surface area contributed by atoms with E-state index in [1.165, 1.54) is 67.1 Å². The summed E-state index contributed by atoms with van der Waals surface area (Å²) in [6.07, 6.45) is 11.7. The van der Waals surface area contributed by atoms with Crippen molar-refractivity contribution in [1.29, 1.82) is 0 Å². The van der Waals surface area contributed by atoms with Gasteiger partial charge < -0.3 is 10.6 Å². The van der Waals surface area contributed by atoms with Crippen LogP contribution >= 0.6 is 11.3 Å². The fourth-order valence-electron chi connectivity index (χ4n) is 4.36. The second kappa shape index (κ2) is 6.96. The molecule has 0 aromatic carbocycles. The summed E-state index contributed by atoms with van der Waals surface area (Å²) in [5.41, 5.74) is 1.53. The molecule has 1 fully saturated rings. The van der Waals surface area contributed by atoms with Crippen LogP contribution in [0.15, 0.2) is 6.33 Å². The highest BCUT2D eigenvalue weighted by atomic mass is 32.1. The zero-order chi connectivity index (χ0) is 16.5. The second-order valence-corrected chi connectivity index (χ2v) is 8.49. The number of fused-ring (bicyclic) bond motifs is 3. The first-order valence-electron chi connectivity index (χ1n) is 9.47. The summed E-state index contributed by atoms with van der Waals surface area (Å²) in [4.78, 5) is 11.9. The molecule has 1 atom stereocenters. The van der Waals surface area contributed by atoms with E-state index < -0.39 is 0 Å². The van der Waals surface area contributed by atoms with E-state index in [2.05, 4.69) is 34.6 Å². The fourth-order valence-corrected chi connectivity index (χ4v) is 5.66. The molecule has 2 aliphatic rings. The van der Waals surface area contributed by atoms with Crippen LogP contribution in [-0.4, -0.2) is 29.1 Å². The van der Waals surface area contributed by atoms with E-state index in [4.69, 9.17) is 0 Å². The van der Waals surface area contributed by atoms with Crippen molar-refractivity contribution in [2.75, 3.05) is 12.4 Å². The molecule has 4 nitrogen and oxygen atoms in total. The van der Waals surface area contributed by atoms with Crippen LogP contribution in [0, 0.1) is 5.92 Å². The number of aromatic nitrogens is 2. The lowest BCUT2D eigenvalue weighted by atomic mass is 9.86. The largest absolute Gasteiger partial charge is 0.367 e. The van der Waals surface area contributed by atoms with E-state index in [0.29, 0.717) is 12.1 Å². The standard InChI is InChI=1S/C19H28N4S/c1-3-12-4-9-15-16(10-12)24-19-17(15)18(21-11-22-19)23-14-7-5-13(20-2)6-8-14/h11-14,20H,3-10H2,1-2H3,(H,21,22,23)/t12?,13-,14-. The van der Waals surface area contributed by atoms with Crippen LogP contribution < -0.4 is 10.6 Å². The third-order valence-electron chi connectivity index (χ3n) is 6.00. The summed E-state index contributed by atoms with van der Waals surface area (Å²) in [5.74, 6) is 1.94. The SMILES string of the molecule is CCC1CCc2c(sc3ncnc(N[C@H]4CC[C@H](NC)CC4)c23)C1. The summed E-state index contributed by atoms with van der Waals surface area (Å²) in [6, 6.07) is 1.24. The molecular formula is C19H28N4S. The highest BCUT2D eigenvalue weighted by Gasteiger charge is 2.26. The van der Waals surface area contributed by atoms with Crippen LogP contribution in [-0.2, 0) is 12.8 Å². The summed E-state index contributed by atoms with van der Waals surface area (Å²) in [5, 5.41) is 8.49. The monoisotopic (exact) mass is 344 g/mol. The number of hydrogen-bond donors (Lipinski definition) is 2. The van der Waals surface area contributed by atoms with Gasteiger partial charge in [0.2, 0.25) is 0 Å². The molecule has 0 bridgehead atoms. The highest BCUT2D eigenvalue weighted by Crippen LogP contribution is 2.40. The molecule has 0 spiro atoms. The van der Waals surface area contributed by atoms with E-state index in [9.17, 15) is 0 Å². The van der Waals surface area contributed by atoms with Crippen molar-refractivity contribution in [3.05, 3.63) is 16.8 Å². The molecule has 2 aliphatic carbocycles. The maximum Gasteiger partial charge on any atom is 0.138 e. The van der Waals surface area contributed by atoms with Crippen molar-refractivity contribution in [2.45, 2.75) is 70.4 Å². The molecule has 5 heteroatoms. The predicted molar refractivity (Wildman–Crippen MR) is 102 cm³/mol. The van der Waals surface area contributed by atoms with Gasteiger partial charge in [0.05, 0.1) is 5.39 Å².